The van der Waals surface area contributed by atoms with Crippen molar-refractivity contribution in [3.8, 4) is 11.4 Å². The first-order valence-corrected chi connectivity index (χ1v) is 10.2. The van der Waals surface area contributed by atoms with E-state index >= 15 is 0 Å². The first-order valence-electron chi connectivity index (χ1n) is 8.98. The molecule has 1 fully saturated rings. The molecular weight excluding hydrogens is 370 g/mol. The summed E-state index contributed by atoms with van der Waals surface area (Å²) in [6, 6.07) is 7.56. The summed E-state index contributed by atoms with van der Waals surface area (Å²) in [4.78, 5) is 12.5. The molecule has 3 rings (SSSR count). The lowest BCUT2D eigenvalue weighted by atomic mass is 10.1. The van der Waals surface area contributed by atoms with Gasteiger partial charge in [-0.2, -0.15) is 0 Å². The van der Waals surface area contributed by atoms with E-state index in [2.05, 4.69) is 15.5 Å². The smallest absolute Gasteiger partial charge is 0.233 e. The van der Waals surface area contributed by atoms with Crippen LogP contribution in [0.1, 0.15) is 45.4 Å². The monoisotopic (exact) mass is 393 g/mol. The number of hydrogen-bond acceptors (Lipinski definition) is 5. The number of halogens is 1. The van der Waals surface area contributed by atoms with E-state index in [1.54, 1.807) is 12.1 Å². The van der Waals surface area contributed by atoms with Gasteiger partial charge in [0.15, 0.2) is 5.82 Å². The van der Waals surface area contributed by atoms with Crippen LogP contribution in [0.5, 0.6) is 0 Å². The van der Waals surface area contributed by atoms with Gasteiger partial charge in [-0.05, 0) is 31.9 Å². The number of nitrogen functional groups attached to an aromatic ring is 1. The normalized spacial score (nSPS) is 16.8. The van der Waals surface area contributed by atoms with E-state index in [-0.39, 0.29) is 17.2 Å². The molecule has 0 bridgehead atoms. The van der Waals surface area contributed by atoms with Crippen molar-refractivity contribution < 1.29 is 4.79 Å². The first-order chi connectivity index (χ1) is 12.5. The van der Waals surface area contributed by atoms with Crippen LogP contribution in [0.2, 0.25) is 5.02 Å². The third-order valence-electron chi connectivity index (χ3n) is 4.60. The van der Waals surface area contributed by atoms with Crippen molar-refractivity contribution in [1.29, 1.82) is 0 Å². The summed E-state index contributed by atoms with van der Waals surface area (Å²) in [5.41, 5.74) is 0.787. The number of amides is 1. The molecule has 0 unspecified atom stereocenters. The van der Waals surface area contributed by atoms with Gasteiger partial charge in [-0.15, -0.1) is 10.2 Å². The van der Waals surface area contributed by atoms with Crippen molar-refractivity contribution >= 4 is 29.3 Å². The Morgan fingerprint density at radius 1 is 1.31 bits per heavy atom. The van der Waals surface area contributed by atoms with Crippen molar-refractivity contribution in [3.63, 3.8) is 0 Å². The molecule has 1 heterocycles. The van der Waals surface area contributed by atoms with Gasteiger partial charge in [-0.25, -0.2) is 4.68 Å². The number of carbonyl (C=O) groups excluding carboxylic acids is 1. The highest BCUT2D eigenvalue weighted by molar-refractivity contribution is 8.00. The SMILES string of the molecule is C[C@@H](Sc1nnc(-c2cccc(Cl)c2)n1N)C(=O)NC1CCCCCC1. The van der Waals surface area contributed by atoms with Crippen molar-refractivity contribution in [1.82, 2.24) is 20.2 Å². The highest BCUT2D eigenvalue weighted by Gasteiger charge is 2.22. The Morgan fingerprint density at radius 3 is 2.73 bits per heavy atom. The van der Waals surface area contributed by atoms with Gasteiger partial charge < -0.3 is 11.2 Å². The molecule has 3 N–H and O–H groups in total. The molecule has 6 nitrogen and oxygen atoms in total. The summed E-state index contributed by atoms with van der Waals surface area (Å²) >= 11 is 7.34. The maximum Gasteiger partial charge on any atom is 0.233 e. The maximum atomic E-state index is 12.5. The lowest BCUT2D eigenvalue weighted by Crippen LogP contribution is -2.39. The zero-order chi connectivity index (χ0) is 18.5. The van der Waals surface area contributed by atoms with Crippen LogP contribution in [0.3, 0.4) is 0 Å². The van der Waals surface area contributed by atoms with Gasteiger partial charge in [0.25, 0.3) is 0 Å². The summed E-state index contributed by atoms with van der Waals surface area (Å²) in [6.45, 7) is 1.87. The summed E-state index contributed by atoms with van der Waals surface area (Å²) in [7, 11) is 0. The Morgan fingerprint density at radius 2 is 2.04 bits per heavy atom. The quantitative estimate of drug-likeness (QED) is 0.460. The number of nitrogens with one attached hydrogen (secondary N) is 1. The van der Waals surface area contributed by atoms with Crippen LogP contribution in [-0.2, 0) is 4.79 Å². The van der Waals surface area contributed by atoms with Crippen LogP contribution in [0.4, 0.5) is 0 Å². The third kappa shape index (κ3) is 4.71. The molecule has 1 aliphatic carbocycles. The summed E-state index contributed by atoms with van der Waals surface area (Å²) < 4.78 is 1.41. The van der Waals surface area contributed by atoms with E-state index in [0.717, 1.165) is 18.4 Å². The average molecular weight is 394 g/mol. The molecule has 2 aromatic rings. The van der Waals surface area contributed by atoms with E-state index in [9.17, 15) is 4.79 Å². The van der Waals surface area contributed by atoms with Crippen molar-refractivity contribution in [2.45, 2.75) is 61.9 Å². The van der Waals surface area contributed by atoms with Crippen molar-refractivity contribution in [2.75, 3.05) is 5.84 Å². The fraction of sp³-hybridized carbons (Fsp3) is 0.500. The number of thioether (sulfide) groups is 1. The molecule has 1 aromatic carbocycles. The first kappa shape index (κ1) is 19.0. The second-order valence-electron chi connectivity index (χ2n) is 6.64. The van der Waals surface area contributed by atoms with Gasteiger partial charge in [0, 0.05) is 16.6 Å². The molecule has 0 aliphatic heterocycles. The zero-order valence-electron chi connectivity index (χ0n) is 14.8. The van der Waals surface area contributed by atoms with E-state index in [1.807, 2.05) is 19.1 Å². The highest BCUT2D eigenvalue weighted by Crippen LogP contribution is 2.26. The van der Waals surface area contributed by atoms with Crippen LogP contribution in [0.25, 0.3) is 11.4 Å². The topological polar surface area (TPSA) is 85.8 Å². The molecule has 0 radical (unpaired) electrons. The number of hydrogen-bond donors (Lipinski definition) is 2. The zero-order valence-corrected chi connectivity index (χ0v) is 16.4. The number of rotatable bonds is 5. The Hall–Kier alpha value is -1.73. The predicted octanol–water partition coefficient (Wildman–Crippen LogP) is 3.63. The van der Waals surface area contributed by atoms with Gasteiger partial charge in [-0.3, -0.25) is 4.79 Å². The lowest BCUT2D eigenvalue weighted by Gasteiger charge is -2.19. The van der Waals surface area contributed by atoms with Gasteiger partial charge in [-0.1, -0.05) is 61.2 Å². The van der Waals surface area contributed by atoms with Crippen LogP contribution in [0, 0.1) is 0 Å². The van der Waals surface area contributed by atoms with Gasteiger partial charge in [0.2, 0.25) is 11.1 Å². The van der Waals surface area contributed by atoms with Gasteiger partial charge in [0.05, 0.1) is 5.25 Å². The third-order valence-corrected chi connectivity index (χ3v) is 5.89. The van der Waals surface area contributed by atoms with E-state index in [4.69, 9.17) is 17.4 Å². The van der Waals surface area contributed by atoms with Gasteiger partial charge in [0.1, 0.15) is 0 Å². The van der Waals surface area contributed by atoms with E-state index in [0.29, 0.717) is 16.0 Å². The van der Waals surface area contributed by atoms with Crippen LogP contribution in [0.15, 0.2) is 29.4 Å². The molecule has 26 heavy (non-hydrogen) atoms. The fourth-order valence-corrected chi connectivity index (χ4v) is 4.11. The Kier molecular flexibility index (Phi) is 6.43. The second kappa shape index (κ2) is 8.77. The highest BCUT2D eigenvalue weighted by atomic mass is 35.5. The lowest BCUT2D eigenvalue weighted by molar-refractivity contribution is -0.121. The minimum absolute atomic E-state index is 0.0224. The molecule has 1 aliphatic rings. The number of aromatic nitrogens is 3. The van der Waals surface area contributed by atoms with Crippen molar-refractivity contribution in [3.05, 3.63) is 29.3 Å². The number of nitrogens with zero attached hydrogens (tertiary/aromatic N) is 3. The Balaban J connectivity index is 1.64. The van der Waals surface area contributed by atoms with Gasteiger partial charge >= 0.3 is 0 Å². The Bertz CT molecular complexity index is 758. The molecule has 0 saturated heterocycles. The maximum absolute atomic E-state index is 12.5. The average Bonchev–Trinajstić information content (AvgIpc) is 2.82. The molecule has 1 atom stereocenters. The van der Waals surface area contributed by atoms with E-state index in [1.165, 1.54) is 42.1 Å². The van der Waals surface area contributed by atoms with Crippen LogP contribution < -0.4 is 11.2 Å². The molecule has 1 amide bonds. The van der Waals surface area contributed by atoms with Crippen LogP contribution in [-0.4, -0.2) is 32.1 Å². The van der Waals surface area contributed by atoms with E-state index < -0.39 is 0 Å². The number of carbonyl (C=O) groups is 1. The standard InChI is InChI=1S/C18H24ClN5OS/c1-12(17(25)21-15-9-4-2-3-5-10-15)26-18-23-22-16(24(18)20)13-7-6-8-14(19)11-13/h6-8,11-12,15H,2-5,9-10,20H2,1H3,(H,21,25)/t12-/m1/s1. The molecule has 1 aromatic heterocycles. The minimum Gasteiger partial charge on any atom is -0.352 e. The summed E-state index contributed by atoms with van der Waals surface area (Å²) in [5.74, 6) is 6.68. The molecule has 140 valence electrons. The number of nitrogens with two attached hydrogens (primary N) is 1. The second-order valence-corrected chi connectivity index (χ2v) is 8.39. The fourth-order valence-electron chi connectivity index (χ4n) is 3.14. The molecule has 8 heteroatoms. The molecule has 1 saturated carbocycles. The largest absolute Gasteiger partial charge is 0.352 e. The minimum atomic E-state index is -0.294. The summed E-state index contributed by atoms with van der Waals surface area (Å²) in [5, 5.41) is 12.3. The molecular formula is C18H24ClN5OS. The van der Waals surface area contributed by atoms with Crippen LogP contribution >= 0.6 is 23.4 Å². The molecule has 0 spiro atoms. The Labute approximate surface area is 162 Å². The summed E-state index contributed by atoms with van der Waals surface area (Å²) in [6.07, 6.45) is 7.03. The van der Waals surface area contributed by atoms with Crippen molar-refractivity contribution in [2.24, 2.45) is 0 Å². The number of benzene rings is 1. The predicted molar refractivity (Wildman–Crippen MR) is 106 cm³/mol.